The molecule has 0 aliphatic carbocycles. The SMILES string of the molecule is CSc1cccc(N2C[C@@H](C(=O)O[C@@H](C)C(=O)Nc3ccc(C(N)=O)cc3)CC2=O)c1. The molecule has 0 spiro atoms. The zero-order chi connectivity index (χ0) is 22.5. The first-order chi connectivity index (χ1) is 14.8. The van der Waals surface area contributed by atoms with Gasteiger partial charge in [-0.2, -0.15) is 0 Å². The Labute approximate surface area is 184 Å². The Balaban J connectivity index is 1.57. The van der Waals surface area contributed by atoms with Crippen molar-refractivity contribution in [1.29, 1.82) is 0 Å². The lowest BCUT2D eigenvalue weighted by atomic mass is 10.1. The number of ether oxygens (including phenoxy) is 1. The van der Waals surface area contributed by atoms with Gasteiger partial charge in [-0.1, -0.05) is 6.07 Å². The summed E-state index contributed by atoms with van der Waals surface area (Å²) in [5.41, 5.74) is 6.67. The minimum Gasteiger partial charge on any atom is -0.452 e. The molecule has 162 valence electrons. The standard InChI is InChI=1S/C22H23N3O5S/c1-13(21(28)24-16-8-6-14(7-9-16)20(23)27)30-22(29)15-10-19(26)25(12-15)17-4-3-5-18(11-17)31-2/h3-9,11,13,15H,10,12H2,1-2H3,(H2,23,27)(H,24,28)/t13-,15-/m0/s1. The summed E-state index contributed by atoms with van der Waals surface area (Å²) in [4.78, 5) is 51.0. The molecule has 0 radical (unpaired) electrons. The first kappa shape index (κ1) is 22.4. The van der Waals surface area contributed by atoms with Crippen molar-refractivity contribution in [3.8, 4) is 0 Å². The maximum Gasteiger partial charge on any atom is 0.312 e. The Morgan fingerprint density at radius 1 is 1.19 bits per heavy atom. The maximum atomic E-state index is 12.5. The molecule has 2 aromatic rings. The van der Waals surface area contributed by atoms with Crippen LogP contribution in [0.25, 0.3) is 0 Å². The van der Waals surface area contributed by atoms with Crippen molar-refractivity contribution in [2.45, 2.75) is 24.3 Å². The first-order valence-corrected chi connectivity index (χ1v) is 10.9. The average Bonchev–Trinajstić information content (AvgIpc) is 3.16. The lowest BCUT2D eigenvalue weighted by Gasteiger charge is -2.18. The van der Waals surface area contributed by atoms with E-state index in [0.29, 0.717) is 11.3 Å². The number of nitrogens with two attached hydrogens (primary N) is 1. The fourth-order valence-corrected chi connectivity index (χ4v) is 3.63. The van der Waals surface area contributed by atoms with Gasteiger partial charge in [0, 0.05) is 34.8 Å². The molecule has 2 atom stereocenters. The zero-order valence-corrected chi connectivity index (χ0v) is 18.0. The second-order valence-electron chi connectivity index (χ2n) is 7.12. The molecule has 0 aromatic heterocycles. The van der Waals surface area contributed by atoms with E-state index in [4.69, 9.17) is 10.5 Å². The molecule has 3 rings (SSSR count). The number of nitrogens with zero attached hydrogens (tertiary/aromatic N) is 1. The topological polar surface area (TPSA) is 119 Å². The van der Waals surface area contributed by atoms with E-state index in [0.717, 1.165) is 10.6 Å². The fourth-order valence-electron chi connectivity index (χ4n) is 3.18. The van der Waals surface area contributed by atoms with E-state index in [1.54, 1.807) is 16.7 Å². The van der Waals surface area contributed by atoms with Crippen LogP contribution in [0.4, 0.5) is 11.4 Å². The molecule has 1 saturated heterocycles. The van der Waals surface area contributed by atoms with Crippen LogP contribution in [0.1, 0.15) is 23.7 Å². The lowest BCUT2D eigenvalue weighted by molar-refractivity contribution is -0.157. The molecule has 0 unspecified atom stereocenters. The number of carbonyl (C=O) groups excluding carboxylic acids is 4. The van der Waals surface area contributed by atoms with E-state index < -0.39 is 29.8 Å². The van der Waals surface area contributed by atoms with Crippen molar-refractivity contribution in [2.75, 3.05) is 23.0 Å². The summed E-state index contributed by atoms with van der Waals surface area (Å²) in [6.07, 6.45) is 0.932. The number of anilines is 2. The number of nitrogens with one attached hydrogen (secondary N) is 1. The maximum absolute atomic E-state index is 12.5. The Morgan fingerprint density at radius 3 is 2.55 bits per heavy atom. The smallest absolute Gasteiger partial charge is 0.312 e. The monoisotopic (exact) mass is 441 g/mol. The van der Waals surface area contributed by atoms with Gasteiger partial charge in [0.2, 0.25) is 11.8 Å². The Hall–Kier alpha value is -3.33. The summed E-state index contributed by atoms with van der Waals surface area (Å²) in [6.45, 7) is 1.67. The molecule has 31 heavy (non-hydrogen) atoms. The van der Waals surface area contributed by atoms with E-state index in [1.165, 1.54) is 31.2 Å². The molecule has 1 aliphatic rings. The number of benzene rings is 2. The van der Waals surface area contributed by atoms with Gasteiger partial charge in [-0.05, 0) is 55.6 Å². The van der Waals surface area contributed by atoms with E-state index >= 15 is 0 Å². The molecule has 3 amide bonds. The molecule has 0 saturated carbocycles. The van der Waals surface area contributed by atoms with Crippen LogP contribution in [0.5, 0.6) is 0 Å². The van der Waals surface area contributed by atoms with E-state index in [2.05, 4.69) is 5.32 Å². The molecule has 1 heterocycles. The van der Waals surface area contributed by atoms with Crippen LogP contribution in [-0.2, 0) is 19.1 Å². The molecule has 1 fully saturated rings. The van der Waals surface area contributed by atoms with Gasteiger partial charge in [0.15, 0.2) is 6.10 Å². The van der Waals surface area contributed by atoms with Crippen LogP contribution in [-0.4, -0.2) is 42.6 Å². The zero-order valence-electron chi connectivity index (χ0n) is 17.2. The molecular weight excluding hydrogens is 418 g/mol. The van der Waals surface area contributed by atoms with Gasteiger partial charge in [0.1, 0.15) is 0 Å². The second-order valence-corrected chi connectivity index (χ2v) is 8.00. The minimum absolute atomic E-state index is 0.0330. The van der Waals surface area contributed by atoms with Gasteiger partial charge in [0.05, 0.1) is 5.92 Å². The number of carbonyl (C=O) groups is 4. The second kappa shape index (κ2) is 9.65. The Bertz CT molecular complexity index is 1010. The number of esters is 1. The fraction of sp³-hybridized carbons (Fsp3) is 0.273. The van der Waals surface area contributed by atoms with Crippen molar-refractivity contribution < 1.29 is 23.9 Å². The van der Waals surface area contributed by atoms with Crippen molar-refractivity contribution in [1.82, 2.24) is 0 Å². The van der Waals surface area contributed by atoms with Crippen LogP contribution in [0.15, 0.2) is 53.4 Å². The van der Waals surface area contributed by atoms with Crippen LogP contribution in [0.3, 0.4) is 0 Å². The van der Waals surface area contributed by atoms with Gasteiger partial charge in [-0.25, -0.2) is 0 Å². The summed E-state index contributed by atoms with van der Waals surface area (Å²) in [5, 5.41) is 2.61. The quantitative estimate of drug-likeness (QED) is 0.503. The van der Waals surface area contributed by atoms with Crippen LogP contribution < -0.4 is 16.0 Å². The number of amides is 3. The lowest BCUT2D eigenvalue weighted by Crippen LogP contribution is -2.33. The number of rotatable bonds is 7. The Kier molecular flexibility index (Phi) is 6.96. The molecule has 1 aliphatic heterocycles. The molecule has 9 heteroatoms. The van der Waals surface area contributed by atoms with Gasteiger partial charge < -0.3 is 20.7 Å². The van der Waals surface area contributed by atoms with Crippen molar-refractivity contribution in [2.24, 2.45) is 11.7 Å². The van der Waals surface area contributed by atoms with Gasteiger partial charge in [-0.3, -0.25) is 19.2 Å². The van der Waals surface area contributed by atoms with E-state index in [9.17, 15) is 19.2 Å². The van der Waals surface area contributed by atoms with Crippen molar-refractivity contribution in [3.63, 3.8) is 0 Å². The highest BCUT2D eigenvalue weighted by Crippen LogP contribution is 2.29. The largest absolute Gasteiger partial charge is 0.452 e. The third-order valence-electron chi connectivity index (χ3n) is 4.92. The summed E-state index contributed by atoms with van der Waals surface area (Å²) < 4.78 is 5.30. The normalized spacial score (nSPS) is 16.6. The van der Waals surface area contributed by atoms with E-state index in [1.807, 2.05) is 30.5 Å². The number of hydrogen-bond acceptors (Lipinski definition) is 6. The molecule has 2 aromatic carbocycles. The predicted octanol–water partition coefficient (Wildman–Crippen LogP) is 2.43. The average molecular weight is 442 g/mol. The van der Waals surface area contributed by atoms with E-state index in [-0.39, 0.29) is 18.9 Å². The Morgan fingerprint density at radius 2 is 1.90 bits per heavy atom. The third-order valence-corrected chi connectivity index (χ3v) is 5.65. The summed E-state index contributed by atoms with van der Waals surface area (Å²) in [5.74, 6) is -2.49. The van der Waals surface area contributed by atoms with Crippen molar-refractivity contribution in [3.05, 3.63) is 54.1 Å². The predicted molar refractivity (Wildman–Crippen MR) is 118 cm³/mol. The van der Waals surface area contributed by atoms with Gasteiger partial charge in [-0.15, -0.1) is 11.8 Å². The highest BCUT2D eigenvalue weighted by molar-refractivity contribution is 7.98. The van der Waals surface area contributed by atoms with Gasteiger partial charge >= 0.3 is 5.97 Å². The highest BCUT2D eigenvalue weighted by atomic mass is 32.2. The molecule has 8 nitrogen and oxygen atoms in total. The van der Waals surface area contributed by atoms with Gasteiger partial charge in [0.25, 0.3) is 5.91 Å². The summed E-state index contributed by atoms with van der Waals surface area (Å²) >= 11 is 1.57. The number of hydrogen-bond donors (Lipinski definition) is 2. The number of thioether (sulfide) groups is 1. The molecule has 3 N–H and O–H groups in total. The third kappa shape index (κ3) is 5.43. The van der Waals surface area contributed by atoms with Crippen LogP contribution in [0.2, 0.25) is 0 Å². The summed E-state index contributed by atoms with van der Waals surface area (Å²) in [7, 11) is 0. The minimum atomic E-state index is -1.05. The molecular formula is C22H23N3O5S. The van der Waals surface area contributed by atoms with Crippen LogP contribution in [0, 0.1) is 5.92 Å². The van der Waals surface area contributed by atoms with Crippen molar-refractivity contribution >= 4 is 46.8 Å². The van der Waals surface area contributed by atoms with Crippen LogP contribution >= 0.6 is 11.8 Å². The number of primary amides is 1. The first-order valence-electron chi connectivity index (χ1n) is 9.64. The molecule has 0 bridgehead atoms. The summed E-state index contributed by atoms with van der Waals surface area (Å²) in [6, 6.07) is 13.6. The highest BCUT2D eigenvalue weighted by Gasteiger charge is 2.37.